The van der Waals surface area contributed by atoms with Crippen LogP contribution < -0.4 is 10.6 Å². The van der Waals surface area contributed by atoms with E-state index in [0.29, 0.717) is 18.1 Å². The van der Waals surface area contributed by atoms with Crippen molar-refractivity contribution in [3.63, 3.8) is 0 Å². The smallest absolute Gasteiger partial charge is 0.191 e. The summed E-state index contributed by atoms with van der Waals surface area (Å²) in [4.78, 5) is 6.88. The van der Waals surface area contributed by atoms with Gasteiger partial charge in [0.2, 0.25) is 0 Å². The molecule has 1 unspecified atom stereocenters. The molecule has 0 saturated heterocycles. The van der Waals surface area contributed by atoms with Crippen LogP contribution in [0, 0.1) is 12.7 Å². The first-order chi connectivity index (χ1) is 11.5. The van der Waals surface area contributed by atoms with Crippen LogP contribution in [0.1, 0.15) is 27.8 Å². The third-order valence-corrected chi connectivity index (χ3v) is 4.67. The molecule has 0 aliphatic carbocycles. The number of aryl methyl sites for hydroxylation is 1. The molecule has 0 saturated carbocycles. The number of nitrogens with zero attached hydrogens (tertiary/aromatic N) is 1. The van der Waals surface area contributed by atoms with Crippen LogP contribution in [0.2, 0.25) is 0 Å². The molecule has 1 atom stereocenters. The zero-order valence-corrected chi connectivity index (χ0v) is 17.8. The highest BCUT2D eigenvalue weighted by atomic mass is 127. The van der Waals surface area contributed by atoms with Gasteiger partial charge in [-0.3, -0.25) is 4.99 Å². The van der Waals surface area contributed by atoms with Crippen molar-refractivity contribution < 1.29 is 9.50 Å². The first-order valence-corrected chi connectivity index (χ1v) is 8.74. The van der Waals surface area contributed by atoms with Crippen LogP contribution in [0.25, 0.3) is 0 Å². The van der Waals surface area contributed by atoms with Crippen LogP contribution in [-0.4, -0.2) is 24.2 Å². The standard InChI is InChI=1S/C18H24FN3OS.HI/c1-12(8-16-6-4-13(2)24-16)22-18(20-3)21-10-14-5-7-17(19)15(9-14)11-23;/h4-7,9,12,23H,8,10-11H2,1-3H3,(H2,20,21,22);1H. The van der Waals surface area contributed by atoms with E-state index in [2.05, 4.69) is 41.6 Å². The van der Waals surface area contributed by atoms with Gasteiger partial charge in [0.15, 0.2) is 5.96 Å². The summed E-state index contributed by atoms with van der Waals surface area (Å²) in [6.07, 6.45) is 0.935. The Morgan fingerprint density at radius 3 is 2.68 bits per heavy atom. The molecule has 3 N–H and O–H groups in total. The molecule has 0 aliphatic rings. The van der Waals surface area contributed by atoms with E-state index >= 15 is 0 Å². The number of aliphatic hydroxyl groups is 1. The molecule has 0 bridgehead atoms. The summed E-state index contributed by atoms with van der Waals surface area (Å²) in [7, 11) is 1.72. The van der Waals surface area contributed by atoms with Crippen molar-refractivity contribution in [1.82, 2.24) is 10.6 Å². The monoisotopic (exact) mass is 477 g/mol. The van der Waals surface area contributed by atoms with Gasteiger partial charge in [0.1, 0.15) is 5.82 Å². The summed E-state index contributed by atoms with van der Waals surface area (Å²) < 4.78 is 13.4. The lowest BCUT2D eigenvalue weighted by molar-refractivity contribution is 0.275. The van der Waals surface area contributed by atoms with Gasteiger partial charge in [0, 0.05) is 41.4 Å². The Labute approximate surface area is 169 Å². The predicted molar refractivity (Wildman–Crippen MR) is 113 cm³/mol. The molecule has 2 rings (SSSR count). The zero-order valence-electron chi connectivity index (χ0n) is 14.7. The van der Waals surface area contributed by atoms with Crippen LogP contribution in [0.3, 0.4) is 0 Å². The third kappa shape index (κ3) is 6.91. The maximum Gasteiger partial charge on any atom is 0.191 e. The van der Waals surface area contributed by atoms with Gasteiger partial charge < -0.3 is 15.7 Å². The third-order valence-electron chi connectivity index (χ3n) is 3.65. The molecule has 1 heterocycles. The van der Waals surface area contributed by atoms with E-state index in [1.165, 1.54) is 15.8 Å². The highest BCUT2D eigenvalue weighted by molar-refractivity contribution is 14.0. The Morgan fingerprint density at radius 1 is 1.32 bits per heavy atom. The van der Waals surface area contributed by atoms with E-state index in [1.54, 1.807) is 30.5 Å². The van der Waals surface area contributed by atoms with Crippen LogP contribution in [0.15, 0.2) is 35.3 Å². The maximum absolute atomic E-state index is 13.4. The van der Waals surface area contributed by atoms with Crippen molar-refractivity contribution in [2.45, 2.75) is 39.5 Å². The fourth-order valence-corrected chi connectivity index (χ4v) is 3.44. The lowest BCUT2D eigenvalue weighted by Crippen LogP contribution is -2.42. The molecule has 4 nitrogen and oxygen atoms in total. The molecule has 0 fully saturated rings. The molecule has 138 valence electrons. The number of rotatable bonds is 6. The number of halogens is 2. The fourth-order valence-electron chi connectivity index (χ4n) is 2.42. The lowest BCUT2D eigenvalue weighted by Gasteiger charge is -2.17. The van der Waals surface area contributed by atoms with Gasteiger partial charge in [-0.2, -0.15) is 0 Å². The highest BCUT2D eigenvalue weighted by Gasteiger charge is 2.08. The molecule has 25 heavy (non-hydrogen) atoms. The Balaban J connectivity index is 0.00000312. The molecule has 1 aromatic heterocycles. The molecular weight excluding hydrogens is 452 g/mol. The largest absolute Gasteiger partial charge is 0.392 e. The molecule has 7 heteroatoms. The number of aliphatic hydroxyl groups excluding tert-OH is 1. The summed E-state index contributed by atoms with van der Waals surface area (Å²) >= 11 is 1.81. The van der Waals surface area contributed by atoms with E-state index in [-0.39, 0.29) is 42.4 Å². The van der Waals surface area contributed by atoms with Gasteiger partial charge in [-0.15, -0.1) is 35.3 Å². The molecule has 0 aliphatic heterocycles. The average Bonchev–Trinajstić information content (AvgIpc) is 2.97. The lowest BCUT2D eigenvalue weighted by atomic mass is 10.1. The second kappa shape index (κ2) is 10.7. The average molecular weight is 477 g/mol. The van der Waals surface area contributed by atoms with E-state index in [4.69, 9.17) is 5.11 Å². The van der Waals surface area contributed by atoms with Crippen molar-refractivity contribution in [2.24, 2.45) is 4.99 Å². The minimum absolute atomic E-state index is 0. The second-order valence-electron chi connectivity index (χ2n) is 5.77. The Hall–Kier alpha value is -1.19. The predicted octanol–water partition coefficient (Wildman–Crippen LogP) is 3.60. The van der Waals surface area contributed by atoms with E-state index in [1.807, 2.05) is 0 Å². The number of aliphatic imine (C=N–C) groups is 1. The number of hydrogen-bond donors (Lipinski definition) is 3. The molecule has 0 spiro atoms. The summed E-state index contributed by atoms with van der Waals surface area (Å²) in [5.74, 6) is 0.314. The second-order valence-corrected chi connectivity index (χ2v) is 7.14. The first kappa shape index (κ1) is 21.9. The van der Waals surface area contributed by atoms with Crippen molar-refractivity contribution >= 4 is 41.3 Å². The van der Waals surface area contributed by atoms with Gasteiger partial charge in [-0.05, 0) is 43.7 Å². The van der Waals surface area contributed by atoms with E-state index < -0.39 is 0 Å². The minimum atomic E-state index is -0.386. The van der Waals surface area contributed by atoms with Crippen molar-refractivity contribution in [3.05, 3.63) is 57.0 Å². The molecular formula is C18H25FIN3OS. The molecule has 1 aromatic carbocycles. The summed E-state index contributed by atoms with van der Waals surface area (Å²) in [5, 5.41) is 15.7. The van der Waals surface area contributed by atoms with Gasteiger partial charge in [0.05, 0.1) is 6.61 Å². The molecule has 2 aromatic rings. The van der Waals surface area contributed by atoms with Crippen molar-refractivity contribution in [1.29, 1.82) is 0 Å². The molecule has 0 radical (unpaired) electrons. The zero-order chi connectivity index (χ0) is 17.5. The van der Waals surface area contributed by atoms with Crippen LogP contribution >= 0.6 is 35.3 Å². The van der Waals surface area contributed by atoms with Gasteiger partial charge in [0.25, 0.3) is 0 Å². The van der Waals surface area contributed by atoms with Gasteiger partial charge >= 0.3 is 0 Å². The summed E-state index contributed by atoms with van der Waals surface area (Å²) in [5.41, 5.74) is 1.20. The first-order valence-electron chi connectivity index (χ1n) is 7.92. The normalized spacial score (nSPS) is 12.4. The summed E-state index contributed by atoms with van der Waals surface area (Å²) in [6, 6.07) is 9.27. The van der Waals surface area contributed by atoms with Gasteiger partial charge in [-0.25, -0.2) is 4.39 Å². The molecule has 0 amide bonds. The number of thiophene rings is 1. The Morgan fingerprint density at radius 2 is 2.08 bits per heavy atom. The SMILES string of the molecule is CN=C(NCc1ccc(F)c(CO)c1)NC(C)Cc1ccc(C)s1.I. The number of benzene rings is 1. The number of hydrogen-bond acceptors (Lipinski definition) is 3. The highest BCUT2D eigenvalue weighted by Crippen LogP contribution is 2.16. The van der Waals surface area contributed by atoms with Crippen molar-refractivity contribution in [3.8, 4) is 0 Å². The van der Waals surface area contributed by atoms with Crippen LogP contribution in [-0.2, 0) is 19.6 Å². The quantitative estimate of drug-likeness (QED) is 0.339. The van der Waals surface area contributed by atoms with E-state index in [0.717, 1.165) is 12.0 Å². The topological polar surface area (TPSA) is 56.7 Å². The minimum Gasteiger partial charge on any atom is -0.392 e. The fraction of sp³-hybridized carbons (Fsp3) is 0.389. The van der Waals surface area contributed by atoms with Gasteiger partial charge in [-0.1, -0.05) is 6.07 Å². The Bertz CT molecular complexity index is 705. The van der Waals surface area contributed by atoms with E-state index in [9.17, 15) is 4.39 Å². The Kier molecular flexibility index (Phi) is 9.37. The van der Waals surface area contributed by atoms with Crippen LogP contribution in [0.4, 0.5) is 4.39 Å². The summed E-state index contributed by atoms with van der Waals surface area (Å²) in [6.45, 7) is 4.43. The maximum atomic E-state index is 13.4. The number of guanidine groups is 1. The van der Waals surface area contributed by atoms with Crippen molar-refractivity contribution in [2.75, 3.05) is 7.05 Å². The van der Waals surface area contributed by atoms with Crippen LogP contribution in [0.5, 0.6) is 0 Å². The number of nitrogens with one attached hydrogen (secondary N) is 2.